The lowest BCUT2D eigenvalue weighted by atomic mass is 9.84. The van der Waals surface area contributed by atoms with E-state index >= 15 is 0 Å². The Hall–Kier alpha value is -3.18. The smallest absolute Gasteiger partial charge is 0.310 e. The molecule has 2 heterocycles. The molecule has 1 aliphatic carbocycles. The zero-order valence-corrected chi connectivity index (χ0v) is 24.2. The minimum atomic E-state index is -0.934. The third kappa shape index (κ3) is 7.01. The summed E-state index contributed by atoms with van der Waals surface area (Å²) < 4.78 is 10.7. The molecule has 1 unspecified atom stereocenters. The van der Waals surface area contributed by atoms with Gasteiger partial charge >= 0.3 is 5.97 Å². The normalized spacial score (nSPS) is 25.7. The molecule has 3 N–H and O–H groups in total. The number of esters is 1. The number of amides is 4. The Bertz CT molecular complexity index is 1200. The molecular formula is C29H41ClN4O7. The Morgan fingerprint density at radius 1 is 1.20 bits per heavy atom. The highest BCUT2D eigenvalue weighted by Gasteiger charge is 2.54. The molecule has 0 spiro atoms. The van der Waals surface area contributed by atoms with Crippen LogP contribution >= 0.6 is 11.6 Å². The number of ether oxygens (including phenoxy) is 2. The number of hydrogen-bond donors (Lipinski definition) is 3. The number of fused-ring (bicyclic) bond motifs is 2. The van der Waals surface area contributed by atoms with Crippen molar-refractivity contribution in [1.82, 2.24) is 15.5 Å². The molecule has 12 heteroatoms. The van der Waals surface area contributed by atoms with Crippen LogP contribution in [-0.4, -0.2) is 71.6 Å². The third-order valence-electron chi connectivity index (χ3n) is 7.66. The zero-order valence-electron chi connectivity index (χ0n) is 23.4. The van der Waals surface area contributed by atoms with Gasteiger partial charge in [0, 0.05) is 25.1 Å². The second-order valence-corrected chi connectivity index (χ2v) is 12.1. The summed E-state index contributed by atoms with van der Waals surface area (Å²) in [5, 5.41) is 8.54. The van der Waals surface area contributed by atoms with E-state index in [1.807, 2.05) is 20.8 Å². The molecular weight excluding hydrogens is 552 g/mol. The molecule has 1 saturated carbocycles. The molecule has 3 aliphatic rings. The molecule has 0 radical (unpaired) electrons. The van der Waals surface area contributed by atoms with Crippen LogP contribution < -0.4 is 16.0 Å². The van der Waals surface area contributed by atoms with E-state index in [4.69, 9.17) is 21.1 Å². The standard InChI is InChI=1S/C28H37ClN4O7.CH4/c1-6-39-27-20(13-21(35)40-27)31-25(37)22-15-7-9-17(11-15)33(22)26(38)23(28(3,4)5)32-24(36)16-8-10-19(18(29)12-16)30-14(2)34;/h8,10,12,15,17,20,22-23,27H,6-7,9,11,13H2,1-5H3,(H,30,34)(H,31,37)(H,32,36);1H4/t15-,17?,20-,22-,23+,27+;/m0./s1. The van der Waals surface area contributed by atoms with Crippen molar-refractivity contribution in [3.05, 3.63) is 28.8 Å². The third-order valence-corrected chi connectivity index (χ3v) is 7.97. The van der Waals surface area contributed by atoms with Gasteiger partial charge in [-0.05, 0) is 55.7 Å². The number of carbonyl (C=O) groups is 5. The van der Waals surface area contributed by atoms with E-state index < -0.39 is 41.7 Å². The molecule has 2 bridgehead atoms. The van der Waals surface area contributed by atoms with Crippen molar-refractivity contribution >= 4 is 46.9 Å². The molecule has 2 aliphatic heterocycles. The molecule has 1 aromatic carbocycles. The number of likely N-dealkylation sites (tertiary alicyclic amines) is 1. The van der Waals surface area contributed by atoms with Gasteiger partial charge in [0.1, 0.15) is 18.1 Å². The number of benzene rings is 1. The fraction of sp³-hybridized carbons (Fsp3) is 0.621. The first-order valence-electron chi connectivity index (χ1n) is 13.6. The molecule has 0 aromatic heterocycles. The maximum Gasteiger partial charge on any atom is 0.310 e. The van der Waals surface area contributed by atoms with Crippen LogP contribution in [0, 0.1) is 11.3 Å². The summed E-state index contributed by atoms with van der Waals surface area (Å²) >= 11 is 6.26. The van der Waals surface area contributed by atoms with E-state index in [1.165, 1.54) is 25.1 Å². The molecule has 4 rings (SSSR count). The monoisotopic (exact) mass is 592 g/mol. The Morgan fingerprint density at radius 3 is 2.51 bits per heavy atom. The molecule has 6 atom stereocenters. The summed E-state index contributed by atoms with van der Waals surface area (Å²) in [6, 6.07) is 2.06. The van der Waals surface area contributed by atoms with Gasteiger partial charge in [-0.15, -0.1) is 0 Å². The van der Waals surface area contributed by atoms with Crippen LogP contribution in [0.1, 0.15) is 78.1 Å². The van der Waals surface area contributed by atoms with Gasteiger partial charge < -0.3 is 30.3 Å². The van der Waals surface area contributed by atoms with Gasteiger partial charge in [0.15, 0.2) is 0 Å². The van der Waals surface area contributed by atoms with E-state index in [1.54, 1.807) is 11.8 Å². The van der Waals surface area contributed by atoms with Crippen LogP contribution in [0.3, 0.4) is 0 Å². The molecule has 4 amide bonds. The molecule has 41 heavy (non-hydrogen) atoms. The highest BCUT2D eigenvalue weighted by molar-refractivity contribution is 6.34. The first-order chi connectivity index (χ1) is 18.8. The van der Waals surface area contributed by atoms with Crippen LogP contribution in [0.15, 0.2) is 18.2 Å². The Morgan fingerprint density at radius 2 is 1.90 bits per heavy atom. The van der Waals surface area contributed by atoms with Crippen molar-refractivity contribution in [2.24, 2.45) is 11.3 Å². The van der Waals surface area contributed by atoms with Crippen molar-refractivity contribution in [3.63, 3.8) is 0 Å². The van der Waals surface area contributed by atoms with Gasteiger partial charge in [-0.25, -0.2) is 0 Å². The Balaban J connectivity index is 0.00000462. The van der Waals surface area contributed by atoms with Crippen LogP contribution in [0.4, 0.5) is 5.69 Å². The largest absolute Gasteiger partial charge is 0.433 e. The molecule has 2 saturated heterocycles. The quantitative estimate of drug-likeness (QED) is 0.393. The van der Waals surface area contributed by atoms with Gasteiger partial charge in [-0.1, -0.05) is 39.8 Å². The van der Waals surface area contributed by atoms with Crippen LogP contribution in [0.5, 0.6) is 0 Å². The molecule has 1 aromatic rings. The summed E-state index contributed by atoms with van der Waals surface area (Å²) in [5.41, 5.74) is -0.0790. The SMILES string of the molecule is C.CCO[C@@H]1OC(=O)C[C@@H]1NC(=O)[C@@H]1[C@H]2CCC(C2)N1C(=O)[C@@H](NC(=O)c1ccc(NC(C)=O)c(Cl)c1)C(C)(C)C. The number of hydrogen-bond acceptors (Lipinski definition) is 7. The summed E-state index contributed by atoms with van der Waals surface area (Å²) in [5.74, 6) is -1.96. The minimum Gasteiger partial charge on any atom is -0.433 e. The molecule has 3 fully saturated rings. The Labute approximate surface area is 246 Å². The number of carbonyl (C=O) groups excluding carboxylic acids is 5. The molecule has 226 valence electrons. The average Bonchev–Trinajstić information content (AvgIpc) is 3.57. The number of anilines is 1. The Kier molecular flexibility index (Phi) is 10.1. The van der Waals surface area contributed by atoms with Crippen LogP contribution in [-0.2, 0) is 28.7 Å². The first kappa shape index (κ1) is 32.3. The van der Waals surface area contributed by atoms with Crippen molar-refractivity contribution in [1.29, 1.82) is 0 Å². The van der Waals surface area contributed by atoms with Gasteiger partial charge in [-0.3, -0.25) is 24.0 Å². The highest BCUT2D eigenvalue weighted by atomic mass is 35.5. The number of piperidine rings is 1. The fourth-order valence-electron chi connectivity index (χ4n) is 5.84. The van der Waals surface area contributed by atoms with Gasteiger partial charge in [-0.2, -0.15) is 0 Å². The van der Waals surface area contributed by atoms with Crippen molar-refractivity contribution in [3.8, 4) is 0 Å². The summed E-state index contributed by atoms with van der Waals surface area (Å²) in [7, 11) is 0. The maximum atomic E-state index is 14.1. The predicted molar refractivity (Wildman–Crippen MR) is 153 cm³/mol. The van der Waals surface area contributed by atoms with E-state index in [9.17, 15) is 24.0 Å². The lowest BCUT2D eigenvalue weighted by Gasteiger charge is -2.40. The lowest BCUT2D eigenvalue weighted by molar-refractivity contribution is -0.165. The second-order valence-electron chi connectivity index (χ2n) is 11.7. The second kappa shape index (κ2) is 12.8. The summed E-state index contributed by atoms with van der Waals surface area (Å²) in [4.78, 5) is 65.8. The minimum absolute atomic E-state index is 0. The van der Waals surface area contributed by atoms with E-state index in [0.29, 0.717) is 18.7 Å². The lowest BCUT2D eigenvalue weighted by Crippen LogP contribution is -2.62. The maximum absolute atomic E-state index is 14.1. The predicted octanol–water partition coefficient (Wildman–Crippen LogP) is 3.25. The van der Waals surface area contributed by atoms with E-state index in [0.717, 1.165) is 12.8 Å². The van der Waals surface area contributed by atoms with Crippen LogP contribution in [0.25, 0.3) is 0 Å². The fourth-order valence-corrected chi connectivity index (χ4v) is 6.07. The first-order valence-corrected chi connectivity index (χ1v) is 14.0. The van der Waals surface area contributed by atoms with Crippen LogP contribution in [0.2, 0.25) is 5.02 Å². The van der Waals surface area contributed by atoms with Crippen molar-refractivity contribution in [2.75, 3.05) is 11.9 Å². The van der Waals surface area contributed by atoms with Gasteiger partial charge in [0.05, 0.1) is 17.1 Å². The van der Waals surface area contributed by atoms with Crippen molar-refractivity contribution < 1.29 is 33.4 Å². The summed E-state index contributed by atoms with van der Waals surface area (Å²) in [6.07, 6.45) is 1.42. The number of cyclic esters (lactones) is 1. The van der Waals surface area contributed by atoms with Crippen molar-refractivity contribution in [2.45, 2.75) is 98.2 Å². The van der Waals surface area contributed by atoms with E-state index in [-0.39, 0.29) is 54.1 Å². The number of halogens is 1. The average molecular weight is 593 g/mol. The number of nitrogens with zero attached hydrogens (tertiary/aromatic N) is 1. The summed E-state index contributed by atoms with van der Waals surface area (Å²) in [6.45, 7) is 8.99. The topological polar surface area (TPSA) is 143 Å². The van der Waals surface area contributed by atoms with Gasteiger partial charge in [0.2, 0.25) is 24.0 Å². The highest BCUT2D eigenvalue weighted by Crippen LogP contribution is 2.44. The zero-order chi connectivity index (χ0) is 29.4. The number of rotatable bonds is 8. The van der Waals surface area contributed by atoms with Gasteiger partial charge in [0.25, 0.3) is 5.91 Å². The number of nitrogens with one attached hydrogen (secondary N) is 3. The van der Waals surface area contributed by atoms with E-state index in [2.05, 4.69) is 16.0 Å². The molecule has 11 nitrogen and oxygen atoms in total.